The van der Waals surface area contributed by atoms with Crippen LogP contribution in [0.4, 0.5) is 4.39 Å². The first-order chi connectivity index (χ1) is 8.50. The molecule has 1 heterocycles. The number of carboxylic acid groups (broad SMARTS) is 1. The number of nitrogens with zero attached hydrogens (tertiary/aromatic N) is 1. The number of carbonyl (C=O) groups is 2. The predicted molar refractivity (Wildman–Crippen MR) is 65.8 cm³/mol. The number of benzene rings is 1. The highest BCUT2D eigenvalue weighted by molar-refractivity contribution is 9.10. The molecular formula is C12H11BrFNO3. The topological polar surface area (TPSA) is 57.6 Å². The van der Waals surface area contributed by atoms with E-state index in [2.05, 4.69) is 15.9 Å². The molecular weight excluding hydrogens is 305 g/mol. The molecule has 1 aliphatic rings. The minimum atomic E-state index is -1.02. The molecule has 0 radical (unpaired) electrons. The van der Waals surface area contributed by atoms with Crippen LogP contribution in [0.5, 0.6) is 0 Å². The van der Waals surface area contributed by atoms with Gasteiger partial charge in [0, 0.05) is 11.0 Å². The normalized spacial score (nSPS) is 19.0. The van der Waals surface area contributed by atoms with Crippen molar-refractivity contribution in [2.24, 2.45) is 0 Å². The van der Waals surface area contributed by atoms with Gasteiger partial charge in [0.25, 0.3) is 5.91 Å². The van der Waals surface area contributed by atoms with E-state index in [-0.39, 0.29) is 5.56 Å². The third-order valence-electron chi connectivity index (χ3n) is 2.96. The molecule has 0 spiro atoms. The van der Waals surface area contributed by atoms with Crippen LogP contribution < -0.4 is 0 Å². The molecule has 0 aromatic heterocycles. The molecule has 1 N–H and O–H groups in total. The number of hydrogen-bond acceptors (Lipinski definition) is 2. The summed E-state index contributed by atoms with van der Waals surface area (Å²) in [6.45, 7) is 0.388. The van der Waals surface area contributed by atoms with Crippen LogP contribution in [0.15, 0.2) is 22.7 Å². The molecule has 0 aliphatic carbocycles. The molecule has 0 unspecified atom stereocenters. The Morgan fingerprint density at radius 1 is 1.44 bits per heavy atom. The van der Waals surface area contributed by atoms with Crippen molar-refractivity contribution in [2.45, 2.75) is 18.9 Å². The Hall–Kier alpha value is -1.43. The summed E-state index contributed by atoms with van der Waals surface area (Å²) in [4.78, 5) is 24.5. The van der Waals surface area contributed by atoms with Gasteiger partial charge in [-0.3, -0.25) is 4.79 Å². The Labute approximate surface area is 112 Å². The van der Waals surface area contributed by atoms with E-state index < -0.39 is 23.7 Å². The van der Waals surface area contributed by atoms with E-state index in [9.17, 15) is 14.0 Å². The van der Waals surface area contributed by atoms with Crippen molar-refractivity contribution in [3.8, 4) is 0 Å². The monoisotopic (exact) mass is 315 g/mol. The first-order valence-electron chi connectivity index (χ1n) is 5.49. The average molecular weight is 316 g/mol. The van der Waals surface area contributed by atoms with Crippen molar-refractivity contribution in [3.63, 3.8) is 0 Å². The van der Waals surface area contributed by atoms with Crippen LogP contribution in [0.3, 0.4) is 0 Å². The van der Waals surface area contributed by atoms with Crippen LogP contribution in [-0.4, -0.2) is 34.5 Å². The first-order valence-corrected chi connectivity index (χ1v) is 6.29. The lowest BCUT2D eigenvalue weighted by Gasteiger charge is -2.22. The van der Waals surface area contributed by atoms with Crippen molar-refractivity contribution in [1.29, 1.82) is 0 Å². The Balaban J connectivity index is 2.31. The smallest absolute Gasteiger partial charge is 0.326 e. The molecule has 4 nitrogen and oxygen atoms in total. The molecule has 1 atom stereocenters. The van der Waals surface area contributed by atoms with E-state index in [0.717, 1.165) is 6.07 Å². The van der Waals surface area contributed by atoms with E-state index >= 15 is 0 Å². The molecule has 1 aromatic carbocycles. The van der Waals surface area contributed by atoms with Crippen LogP contribution in [0, 0.1) is 5.82 Å². The van der Waals surface area contributed by atoms with E-state index in [1.165, 1.54) is 17.0 Å². The SMILES string of the molecule is O=C(O)[C@@H]1CCCN1C(=O)c1cc(F)ccc1Br. The minimum Gasteiger partial charge on any atom is -0.480 e. The summed E-state index contributed by atoms with van der Waals surface area (Å²) in [6.07, 6.45) is 1.09. The average Bonchev–Trinajstić information content (AvgIpc) is 2.80. The van der Waals surface area contributed by atoms with E-state index in [1.54, 1.807) is 0 Å². The molecule has 1 amide bonds. The second kappa shape index (κ2) is 5.06. The molecule has 1 aromatic rings. The summed E-state index contributed by atoms with van der Waals surface area (Å²) in [7, 11) is 0. The highest BCUT2D eigenvalue weighted by Crippen LogP contribution is 2.24. The van der Waals surface area contributed by atoms with Crippen molar-refractivity contribution in [3.05, 3.63) is 34.1 Å². The summed E-state index contributed by atoms with van der Waals surface area (Å²) in [5.41, 5.74) is 0.156. The standard InChI is InChI=1S/C12H11BrFNO3/c13-9-4-3-7(14)6-8(9)11(16)15-5-1-2-10(15)12(17)18/h3-4,6,10H,1-2,5H2,(H,17,18)/t10-/m0/s1. The van der Waals surface area contributed by atoms with Crippen LogP contribution in [0.25, 0.3) is 0 Å². The summed E-state index contributed by atoms with van der Waals surface area (Å²) in [5, 5.41) is 9.02. The van der Waals surface area contributed by atoms with Crippen LogP contribution >= 0.6 is 15.9 Å². The van der Waals surface area contributed by atoms with Crippen LogP contribution in [-0.2, 0) is 4.79 Å². The fourth-order valence-electron chi connectivity index (χ4n) is 2.08. The fourth-order valence-corrected chi connectivity index (χ4v) is 2.50. The summed E-state index contributed by atoms with van der Waals surface area (Å²) in [5.74, 6) is -1.99. The van der Waals surface area contributed by atoms with Crippen molar-refractivity contribution < 1.29 is 19.1 Å². The molecule has 96 valence electrons. The summed E-state index contributed by atoms with van der Waals surface area (Å²) < 4.78 is 13.6. The van der Waals surface area contributed by atoms with Crippen molar-refractivity contribution in [1.82, 2.24) is 4.90 Å². The lowest BCUT2D eigenvalue weighted by Crippen LogP contribution is -2.40. The maximum atomic E-state index is 13.1. The number of rotatable bonds is 2. The van der Waals surface area contributed by atoms with Crippen molar-refractivity contribution >= 4 is 27.8 Å². The van der Waals surface area contributed by atoms with Gasteiger partial charge in [-0.05, 0) is 47.0 Å². The van der Waals surface area contributed by atoms with Crippen LogP contribution in [0.1, 0.15) is 23.2 Å². The fraction of sp³-hybridized carbons (Fsp3) is 0.333. The zero-order chi connectivity index (χ0) is 13.3. The Kier molecular flexibility index (Phi) is 3.65. The second-order valence-corrected chi connectivity index (χ2v) is 4.97. The summed E-state index contributed by atoms with van der Waals surface area (Å²) in [6, 6.07) is 2.98. The highest BCUT2D eigenvalue weighted by Gasteiger charge is 2.35. The van der Waals surface area contributed by atoms with E-state index in [0.29, 0.717) is 23.9 Å². The largest absolute Gasteiger partial charge is 0.480 e. The van der Waals surface area contributed by atoms with Gasteiger partial charge in [-0.1, -0.05) is 0 Å². The van der Waals surface area contributed by atoms with Crippen molar-refractivity contribution in [2.75, 3.05) is 6.54 Å². The van der Waals surface area contributed by atoms with Crippen LogP contribution in [0.2, 0.25) is 0 Å². The van der Waals surface area contributed by atoms with E-state index in [1.807, 2.05) is 0 Å². The Bertz CT molecular complexity index is 506. The maximum Gasteiger partial charge on any atom is 0.326 e. The molecule has 2 rings (SSSR count). The zero-order valence-electron chi connectivity index (χ0n) is 9.40. The zero-order valence-corrected chi connectivity index (χ0v) is 11.0. The lowest BCUT2D eigenvalue weighted by molar-refractivity contribution is -0.141. The van der Waals surface area contributed by atoms with Gasteiger partial charge in [-0.25, -0.2) is 9.18 Å². The van der Waals surface area contributed by atoms with Gasteiger partial charge in [0.15, 0.2) is 0 Å². The molecule has 0 saturated carbocycles. The molecule has 1 aliphatic heterocycles. The van der Waals surface area contributed by atoms with E-state index in [4.69, 9.17) is 5.11 Å². The number of amides is 1. The predicted octanol–water partition coefficient (Wildman–Crippen LogP) is 2.28. The summed E-state index contributed by atoms with van der Waals surface area (Å²) >= 11 is 3.17. The quantitative estimate of drug-likeness (QED) is 0.911. The second-order valence-electron chi connectivity index (χ2n) is 4.12. The molecule has 0 bridgehead atoms. The Morgan fingerprint density at radius 2 is 2.17 bits per heavy atom. The van der Waals surface area contributed by atoms with Gasteiger partial charge in [0.2, 0.25) is 0 Å². The molecule has 6 heteroatoms. The number of hydrogen-bond donors (Lipinski definition) is 1. The third-order valence-corrected chi connectivity index (χ3v) is 3.65. The lowest BCUT2D eigenvalue weighted by atomic mass is 10.1. The minimum absolute atomic E-state index is 0.156. The molecule has 1 fully saturated rings. The third kappa shape index (κ3) is 2.38. The van der Waals surface area contributed by atoms with Gasteiger partial charge in [-0.2, -0.15) is 0 Å². The number of halogens is 2. The number of carboxylic acids is 1. The highest BCUT2D eigenvalue weighted by atomic mass is 79.9. The number of carbonyl (C=O) groups excluding carboxylic acids is 1. The number of likely N-dealkylation sites (tertiary alicyclic amines) is 1. The van der Waals surface area contributed by atoms with Gasteiger partial charge in [-0.15, -0.1) is 0 Å². The Morgan fingerprint density at radius 3 is 2.83 bits per heavy atom. The molecule has 1 saturated heterocycles. The first kappa shape index (κ1) is 13.0. The maximum absolute atomic E-state index is 13.1. The van der Waals surface area contributed by atoms with Gasteiger partial charge < -0.3 is 10.0 Å². The molecule has 18 heavy (non-hydrogen) atoms. The van der Waals surface area contributed by atoms with Gasteiger partial charge >= 0.3 is 5.97 Å². The van der Waals surface area contributed by atoms with Gasteiger partial charge in [0.05, 0.1) is 5.56 Å². The number of aliphatic carboxylic acids is 1. The van der Waals surface area contributed by atoms with Gasteiger partial charge in [0.1, 0.15) is 11.9 Å².